The minimum atomic E-state index is 0. The molecule has 2 aliphatic heterocycles. The van der Waals surface area contributed by atoms with Crippen LogP contribution in [-0.2, 0) is 19.5 Å². The van der Waals surface area contributed by atoms with Crippen molar-refractivity contribution in [3.8, 4) is 0 Å². The topological polar surface area (TPSA) is 15.3 Å². The van der Waals surface area contributed by atoms with Crippen LogP contribution in [0.4, 0.5) is 17.1 Å². The summed E-state index contributed by atoms with van der Waals surface area (Å²) in [4.78, 5) is 2.25. The van der Waals surface area contributed by atoms with Gasteiger partial charge in [0, 0.05) is 28.5 Å². The minimum Gasteiger partial charge on any atom is -1.00 e. The van der Waals surface area contributed by atoms with Crippen molar-refractivity contribution in [1.82, 2.24) is 0 Å². The van der Waals surface area contributed by atoms with Gasteiger partial charge in [-0.15, -0.1) is 0 Å². The van der Waals surface area contributed by atoms with E-state index >= 15 is 0 Å². The zero-order valence-corrected chi connectivity index (χ0v) is 18.6. The molecule has 2 aliphatic rings. The number of anilines is 3. The van der Waals surface area contributed by atoms with E-state index in [1.54, 1.807) is 0 Å². The summed E-state index contributed by atoms with van der Waals surface area (Å²) in [7, 11) is 0. The van der Waals surface area contributed by atoms with Gasteiger partial charge in [0.15, 0.2) is 0 Å². The molecule has 0 saturated heterocycles. The van der Waals surface area contributed by atoms with Crippen molar-refractivity contribution >= 4 is 28.7 Å². The van der Waals surface area contributed by atoms with Crippen LogP contribution in [0.2, 0.25) is 0 Å². The Balaban J connectivity index is 0.000001000. The normalized spacial score (nSPS) is 12.8. The van der Waals surface area contributed by atoms with Crippen LogP contribution in [0.15, 0.2) is 97.3 Å². The Kier molecular flexibility index (Phi) is 7.87. The molecule has 2 heterocycles. The number of para-hydroxylation sites is 1. The Morgan fingerprint density at radius 1 is 0.759 bits per heavy atom. The number of benzene rings is 3. The molecule has 0 unspecified atom stereocenters. The molecule has 3 aromatic carbocycles. The van der Waals surface area contributed by atoms with Crippen LogP contribution < -0.4 is 45.5 Å². The molecule has 146 valence electrons. The second kappa shape index (κ2) is 9.94. The SMILES string of the molecule is C1=CN(c2ccccc2)c2c3c(ccc2=C1)=C(c1ccccc1)C=CN3.[Cl-].[Cl-].[Ru+2]. The van der Waals surface area contributed by atoms with Crippen molar-refractivity contribution in [3.05, 3.63) is 113 Å². The first-order valence-electron chi connectivity index (χ1n) is 8.80. The third-order valence-electron chi connectivity index (χ3n) is 4.85. The van der Waals surface area contributed by atoms with Crippen molar-refractivity contribution < 1.29 is 44.3 Å². The van der Waals surface area contributed by atoms with Crippen molar-refractivity contribution in [2.45, 2.75) is 0 Å². The van der Waals surface area contributed by atoms with Crippen LogP contribution in [0, 0.1) is 0 Å². The molecule has 0 spiro atoms. The third-order valence-corrected chi connectivity index (χ3v) is 4.85. The largest absolute Gasteiger partial charge is 2.00 e. The van der Waals surface area contributed by atoms with Gasteiger partial charge in [0.05, 0.1) is 11.4 Å². The Morgan fingerprint density at radius 3 is 2.17 bits per heavy atom. The molecule has 1 N–H and O–H groups in total. The fourth-order valence-corrected chi connectivity index (χ4v) is 3.65. The standard InChI is InChI=1S/C24H18N2.2ClH.Ru/c1-3-8-18(9-4-1)21-15-16-25-23-22(21)14-13-19-10-7-17-26(24(19)23)20-11-5-2-6-12-20;;;/h1-17,25H;2*1H;/q;;;+2/p-2. The van der Waals surface area contributed by atoms with Crippen molar-refractivity contribution in [2.24, 2.45) is 0 Å². The average Bonchev–Trinajstić information content (AvgIpc) is 2.74. The molecule has 0 aliphatic carbocycles. The van der Waals surface area contributed by atoms with E-state index in [2.05, 4.69) is 101 Å². The molecule has 3 aromatic rings. The van der Waals surface area contributed by atoms with Gasteiger partial charge in [-0.25, -0.2) is 0 Å². The number of allylic oxidation sites excluding steroid dienone is 2. The zero-order chi connectivity index (χ0) is 17.3. The molecular weight excluding hydrogens is 488 g/mol. The quantitative estimate of drug-likeness (QED) is 0.417. The smallest absolute Gasteiger partial charge is 1.00 e. The summed E-state index contributed by atoms with van der Waals surface area (Å²) < 4.78 is 0. The van der Waals surface area contributed by atoms with Crippen LogP contribution in [0.3, 0.4) is 0 Å². The van der Waals surface area contributed by atoms with Gasteiger partial charge in [0.25, 0.3) is 0 Å². The van der Waals surface area contributed by atoms with Gasteiger partial charge in [0.2, 0.25) is 0 Å². The van der Waals surface area contributed by atoms with E-state index in [0.29, 0.717) is 0 Å². The van der Waals surface area contributed by atoms with Crippen LogP contribution in [-0.4, -0.2) is 0 Å². The minimum absolute atomic E-state index is 0. The second-order valence-corrected chi connectivity index (χ2v) is 6.40. The van der Waals surface area contributed by atoms with E-state index in [1.807, 2.05) is 12.3 Å². The molecule has 5 heteroatoms. The number of hydrogen-bond donors (Lipinski definition) is 1. The number of fused-ring (bicyclic) bond motifs is 3. The molecule has 0 radical (unpaired) electrons. The first-order chi connectivity index (χ1) is 12.9. The number of halogens is 2. The fraction of sp³-hybridized carbons (Fsp3) is 0. The van der Waals surface area contributed by atoms with Gasteiger partial charge in [-0.05, 0) is 35.4 Å². The first-order valence-corrected chi connectivity index (χ1v) is 8.80. The molecule has 0 atom stereocenters. The summed E-state index contributed by atoms with van der Waals surface area (Å²) in [5.74, 6) is 0. The van der Waals surface area contributed by atoms with Crippen LogP contribution in [0.1, 0.15) is 5.56 Å². The number of hydrogen-bond acceptors (Lipinski definition) is 2. The van der Waals surface area contributed by atoms with Crippen molar-refractivity contribution in [1.29, 1.82) is 0 Å². The van der Waals surface area contributed by atoms with E-state index in [4.69, 9.17) is 0 Å². The number of rotatable bonds is 2. The molecule has 0 bridgehead atoms. The summed E-state index contributed by atoms with van der Waals surface area (Å²) in [6, 6.07) is 25.4. The molecule has 0 fully saturated rings. The van der Waals surface area contributed by atoms with E-state index in [-0.39, 0.29) is 44.3 Å². The Morgan fingerprint density at radius 2 is 1.45 bits per heavy atom. The zero-order valence-electron chi connectivity index (χ0n) is 15.4. The van der Waals surface area contributed by atoms with Crippen LogP contribution >= 0.6 is 0 Å². The van der Waals surface area contributed by atoms with E-state index in [9.17, 15) is 0 Å². The maximum atomic E-state index is 3.49. The molecule has 5 rings (SSSR count). The van der Waals surface area contributed by atoms with Crippen LogP contribution in [0.5, 0.6) is 0 Å². The molecule has 29 heavy (non-hydrogen) atoms. The predicted molar refractivity (Wildman–Crippen MR) is 110 cm³/mol. The van der Waals surface area contributed by atoms with Gasteiger partial charge in [-0.2, -0.15) is 0 Å². The monoisotopic (exact) mass is 506 g/mol. The van der Waals surface area contributed by atoms with E-state index in [1.165, 1.54) is 27.3 Å². The Labute approximate surface area is 195 Å². The van der Waals surface area contributed by atoms with E-state index in [0.717, 1.165) is 11.4 Å². The molecule has 0 saturated carbocycles. The van der Waals surface area contributed by atoms with Gasteiger partial charge >= 0.3 is 19.5 Å². The summed E-state index contributed by atoms with van der Waals surface area (Å²) in [6.07, 6.45) is 10.6. The first kappa shape index (κ1) is 23.0. The second-order valence-electron chi connectivity index (χ2n) is 6.40. The van der Waals surface area contributed by atoms with Gasteiger partial charge in [-0.3, -0.25) is 0 Å². The third kappa shape index (κ3) is 4.18. The maximum absolute atomic E-state index is 3.49. The Hall–Kier alpha value is -2.32. The molecule has 0 aromatic heterocycles. The average molecular weight is 506 g/mol. The van der Waals surface area contributed by atoms with Gasteiger partial charge in [-0.1, -0.05) is 66.7 Å². The predicted octanol–water partition coefficient (Wildman–Crippen LogP) is -1.72. The fourth-order valence-electron chi connectivity index (χ4n) is 3.65. The molecule has 0 amide bonds. The summed E-state index contributed by atoms with van der Waals surface area (Å²) in [6.45, 7) is 0. The number of nitrogens with one attached hydrogen (secondary N) is 1. The summed E-state index contributed by atoms with van der Waals surface area (Å²) in [5, 5.41) is 5.93. The van der Waals surface area contributed by atoms with E-state index < -0.39 is 0 Å². The van der Waals surface area contributed by atoms with Crippen LogP contribution in [0.25, 0.3) is 11.6 Å². The van der Waals surface area contributed by atoms with Crippen molar-refractivity contribution in [3.63, 3.8) is 0 Å². The van der Waals surface area contributed by atoms with Crippen molar-refractivity contribution in [2.75, 3.05) is 10.2 Å². The molecular formula is C24H18Cl2N2Ru. The van der Waals surface area contributed by atoms with Gasteiger partial charge < -0.3 is 35.0 Å². The Bertz CT molecular complexity index is 1160. The molecule has 2 nitrogen and oxygen atoms in total. The summed E-state index contributed by atoms with van der Waals surface area (Å²) in [5.41, 5.74) is 5.96. The van der Waals surface area contributed by atoms with Gasteiger partial charge in [0.1, 0.15) is 0 Å². The number of nitrogens with zero attached hydrogens (tertiary/aromatic N) is 1. The maximum Gasteiger partial charge on any atom is 2.00 e. The summed E-state index contributed by atoms with van der Waals surface area (Å²) >= 11 is 0.